The number of carbonyl (C=O) groups is 1. The molecule has 1 nitrogen and oxygen atoms in total. The number of aldehydes is 1. The highest BCUT2D eigenvalue weighted by Gasteiger charge is 1.24. The molecule has 0 saturated heterocycles. The van der Waals surface area contributed by atoms with Crippen molar-refractivity contribution < 1.29 is 4.79 Å². The van der Waals surface area contributed by atoms with E-state index in [1.165, 1.54) is 6.92 Å². The molecule has 0 bridgehead atoms. The van der Waals surface area contributed by atoms with Crippen molar-refractivity contribution in [3.63, 3.8) is 0 Å². The molecule has 0 aliphatic carbocycles. The lowest BCUT2D eigenvalue weighted by atomic mass is 11.0. The lowest BCUT2D eigenvalue weighted by Gasteiger charge is -1.23. The maximum absolute atomic E-state index is 8.81. The van der Waals surface area contributed by atoms with Crippen LogP contribution in [0.4, 0.5) is 0 Å². The molecule has 0 atom stereocenters. The number of rotatable bonds is 0. The molecule has 0 N–H and O–H groups in total. The van der Waals surface area contributed by atoms with Crippen molar-refractivity contribution in [2.24, 2.45) is 0 Å². The van der Waals surface area contributed by atoms with E-state index < -0.39 is 0 Å². The predicted molar refractivity (Wildman–Crippen MR) is 22.1 cm³/mol. The molecule has 0 radical (unpaired) electrons. The minimum Gasteiger partial charge on any atom is -0.304 e. The first-order valence-electron chi connectivity index (χ1n) is 0.813. The van der Waals surface area contributed by atoms with Crippen LogP contribution in [0.15, 0.2) is 0 Å². The first-order valence-corrected chi connectivity index (χ1v) is 0.813. The van der Waals surface area contributed by atoms with Crippen LogP contribution in [-0.4, -0.2) is 6.29 Å². The SMILES string of the molecule is Br.CC=O. The van der Waals surface area contributed by atoms with Gasteiger partial charge in [0, 0.05) is 0 Å². The Morgan fingerprint density at radius 3 is 1.75 bits per heavy atom. The molecule has 0 aliphatic heterocycles. The lowest BCUT2D eigenvalue weighted by molar-refractivity contribution is -0.106. The molecule has 0 unspecified atom stereocenters. The van der Waals surface area contributed by atoms with Crippen molar-refractivity contribution in [3.8, 4) is 0 Å². The summed E-state index contributed by atoms with van der Waals surface area (Å²) in [7, 11) is 0. The van der Waals surface area contributed by atoms with E-state index in [4.69, 9.17) is 4.79 Å². The molecule has 0 heterocycles. The average molecular weight is 125 g/mol. The van der Waals surface area contributed by atoms with Crippen molar-refractivity contribution in [1.82, 2.24) is 0 Å². The zero-order valence-corrected chi connectivity index (χ0v) is 4.11. The van der Waals surface area contributed by atoms with Gasteiger partial charge in [0.1, 0.15) is 6.29 Å². The summed E-state index contributed by atoms with van der Waals surface area (Å²) >= 11 is 0. The predicted octanol–water partition coefficient (Wildman–Crippen LogP) is 0.783. The molecule has 2 heteroatoms. The molecule has 0 aromatic heterocycles. The van der Waals surface area contributed by atoms with Crippen LogP contribution in [0.1, 0.15) is 6.92 Å². The molecular formula is C2H5BrO. The van der Waals surface area contributed by atoms with E-state index >= 15 is 0 Å². The smallest absolute Gasteiger partial charge is 0.116 e. The van der Waals surface area contributed by atoms with Crippen molar-refractivity contribution in [3.05, 3.63) is 0 Å². The summed E-state index contributed by atoms with van der Waals surface area (Å²) in [4.78, 5) is 8.81. The largest absolute Gasteiger partial charge is 0.304 e. The number of hydrogen-bond acceptors (Lipinski definition) is 1. The first kappa shape index (κ1) is 8.91. The number of hydrogen-bond donors (Lipinski definition) is 0. The van der Waals surface area contributed by atoms with Crippen molar-refractivity contribution >= 4 is 23.3 Å². The van der Waals surface area contributed by atoms with Gasteiger partial charge in [0.25, 0.3) is 0 Å². The van der Waals surface area contributed by atoms with Gasteiger partial charge in [-0.25, -0.2) is 0 Å². The monoisotopic (exact) mass is 124 g/mol. The molecule has 0 spiro atoms. The highest BCUT2D eigenvalue weighted by atomic mass is 79.9. The first-order chi connectivity index (χ1) is 1.41. The van der Waals surface area contributed by atoms with Gasteiger partial charge >= 0.3 is 0 Å². The van der Waals surface area contributed by atoms with Gasteiger partial charge in [0.2, 0.25) is 0 Å². The van der Waals surface area contributed by atoms with E-state index in [1.807, 2.05) is 0 Å². The molecule has 0 aliphatic rings. The van der Waals surface area contributed by atoms with Gasteiger partial charge in [-0.1, -0.05) is 0 Å². The van der Waals surface area contributed by atoms with Crippen LogP contribution < -0.4 is 0 Å². The quantitative estimate of drug-likeness (QED) is 0.437. The highest BCUT2D eigenvalue weighted by molar-refractivity contribution is 8.93. The standard InChI is InChI=1S/C2H4O.BrH/c1-2-3;/h2H,1H3;1H. The summed E-state index contributed by atoms with van der Waals surface area (Å²) < 4.78 is 0. The average Bonchev–Trinajstić information content (AvgIpc) is 0.918. The molecule has 0 aromatic rings. The molecule has 26 valence electrons. The normalized spacial score (nSPS) is 3.25. The minimum atomic E-state index is 0. The summed E-state index contributed by atoms with van der Waals surface area (Å²) in [6, 6.07) is 0. The molecule has 0 saturated carbocycles. The summed E-state index contributed by atoms with van der Waals surface area (Å²) in [6.45, 7) is 1.44. The van der Waals surface area contributed by atoms with Gasteiger partial charge in [0.15, 0.2) is 0 Å². The third-order valence-electron chi connectivity index (χ3n) is 0. The van der Waals surface area contributed by atoms with Gasteiger partial charge in [0.05, 0.1) is 0 Å². The Labute approximate surface area is 35.8 Å². The fourth-order valence-corrected chi connectivity index (χ4v) is 0. The maximum Gasteiger partial charge on any atom is 0.116 e. The molecule has 0 amide bonds. The zero-order valence-electron chi connectivity index (χ0n) is 2.39. The van der Waals surface area contributed by atoms with E-state index in [-0.39, 0.29) is 17.0 Å². The maximum atomic E-state index is 8.81. The Hall–Kier alpha value is 0.150. The van der Waals surface area contributed by atoms with E-state index in [2.05, 4.69) is 0 Å². The lowest BCUT2D eigenvalue weighted by Crippen LogP contribution is -1.36. The Balaban J connectivity index is 0. The third-order valence-corrected chi connectivity index (χ3v) is 0. The second-order valence-electron chi connectivity index (χ2n) is 0.236. The molecule has 0 fully saturated rings. The van der Waals surface area contributed by atoms with Gasteiger partial charge in [-0.15, -0.1) is 17.0 Å². The van der Waals surface area contributed by atoms with Gasteiger partial charge < -0.3 is 4.79 Å². The summed E-state index contributed by atoms with van der Waals surface area (Å²) in [5.74, 6) is 0. The van der Waals surface area contributed by atoms with Gasteiger partial charge in [-0.2, -0.15) is 0 Å². The van der Waals surface area contributed by atoms with Crippen LogP contribution >= 0.6 is 17.0 Å². The fourth-order valence-electron chi connectivity index (χ4n) is 0. The van der Waals surface area contributed by atoms with Gasteiger partial charge in [-0.05, 0) is 6.92 Å². The van der Waals surface area contributed by atoms with Gasteiger partial charge in [-0.3, -0.25) is 0 Å². The molecule has 0 aromatic carbocycles. The summed E-state index contributed by atoms with van der Waals surface area (Å²) in [5, 5.41) is 0. The van der Waals surface area contributed by atoms with Crippen LogP contribution in [0.5, 0.6) is 0 Å². The third kappa shape index (κ3) is 126. The Bertz CT molecular complexity index is 13.5. The van der Waals surface area contributed by atoms with E-state index in [0.717, 1.165) is 6.29 Å². The van der Waals surface area contributed by atoms with E-state index in [9.17, 15) is 0 Å². The molecular weight excluding hydrogens is 120 g/mol. The number of halogens is 1. The van der Waals surface area contributed by atoms with Crippen molar-refractivity contribution in [2.45, 2.75) is 6.92 Å². The number of carbonyl (C=O) groups excluding carboxylic acids is 1. The van der Waals surface area contributed by atoms with Crippen LogP contribution in [0.2, 0.25) is 0 Å². The zero-order chi connectivity index (χ0) is 2.71. The van der Waals surface area contributed by atoms with Crippen LogP contribution in [0.25, 0.3) is 0 Å². The Morgan fingerprint density at radius 1 is 1.75 bits per heavy atom. The second-order valence-corrected chi connectivity index (χ2v) is 0.236. The summed E-state index contributed by atoms with van der Waals surface area (Å²) in [6.07, 6.45) is 0.750. The van der Waals surface area contributed by atoms with Crippen LogP contribution in [-0.2, 0) is 4.79 Å². The van der Waals surface area contributed by atoms with Crippen LogP contribution in [0.3, 0.4) is 0 Å². The van der Waals surface area contributed by atoms with Crippen molar-refractivity contribution in [2.75, 3.05) is 0 Å². The molecule has 0 rings (SSSR count). The van der Waals surface area contributed by atoms with Crippen LogP contribution in [0, 0.1) is 0 Å². The molecule has 4 heavy (non-hydrogen) atoms. The summed E-state index contributed by atoms with van der Waals surface area (Å²) in [5.41, 5.74) is 0. The minimum absolute atomic E-state index is 0. The fraction of sp³-hybridized carbons (Fsp3) is 0.500. The highest BCUT2D eigenvalue weighted by Crippen LogP contribution is 1.13. The van der Waals surface area contributed by atoms with E-state index in [1.54, 1.807) is 0 Å². The Morgan fingerprint density at radius 2 is 1.75 bits per heavy atom. The van der Waals surface area contributed by atoms with Crippen molar-refractivity contribution in [1.29, 1.82) is 0 Å². The Kier molecular flexibility index (Phi) is 24.5. The van der Waals surface area contributed by atoms with E-state index in [0.29, 0.717) is 0 Å². The topological polar surface area (TPSA) is 17.1 Å². The second kappa shape index (κ2) is 11.0.